The lowest BCUT2D eigenvalue weighted by Crippen LogP contribution is -2.42. The number of halogens is 3. The second-order valence-corrected chi connectivity index (χ2v) is 7.49. The number of piperidine rings is 1. The Morgan fingerprint density at radius 1 is 1.35 bits per heavy atom. The molecule has 1 aromatic rings. The number of aliphatic hydroxyl groups excluding tert-OH is 1. The molecule has 1 N–H and O–H groups in total. The van der Waals surface area contributed by atoms with Crippen molar-refractivity contribution >= 4 is 21.4 Å². The maximum atomic E-state index is 12.6. The first kappa shape index (κ1) is 15.7. The van der Waals surface area contributed by atoms with Crippen LogP contribution in [0.2, 0.25) is 0 Å². The molecule has 9 heteroatoms. The molecular formula is C11H14F3NO3S2. The average Bonchev–Trinajstić information content (AvgIpc) is 2.87. The normalized spacial score (nSPS) is 19.4. The fourth-order valence-corrected chi connectivity index (χ4v) is 4.97. The smallest absolute Gasteiger partial charge is 0.391 e. The van der Waals surface area contributed by atoms with Gasteiger partial charge in [0.05, 0.1) is 17.4 Å². The van der Waals surface area contributed by atoms with Crippen molar-refractivity contribution in [3.8, 4) is 0 Å². The van der Waals surface area contributed by atoms with Gasteiger partial charge >= 0.3 is 6.18 Å². The largest absolute Gasteiger partial charge is 0.391 e. The van der Waals surface area contributed by atoms with E-state index in [0.29, 0.717) is 4.88 Å². The molecule has 1 aliphatic heterocycles. The summed E-state index contributed by atoms with van der Waals surface area (Å²) in [6, 6.07) is 1.38. The van der Waals surface area contributed by atoms with Crippen molar-refractivity contribution < 1.29 is 26.7 Å². The summed E-state index contributed by atoms with van der Waals surface area (Å²) in [5.74, 6) is -1.44. The van der Waals surface area contributed by atoms with Crippen LogP contribution >= 0.6 is 11.3 Å². The Hall–Kier alpha value is -0.640. The molecule has 0 saturated carbocycles. The lowest BCUT2D eigenvalue weighted by molar-refractivity contribution is -0.182. The molecule has 0 aliphatic carbocycles. The lowest BCUT2D eigenvalue weighted by Gasteiger charge is -2.32. The molecule has 2 rings (SSSR count). The highest BCUT2D eigenvalue weighted by Crippen LogP contribution is 2.36. The summed E-state index contributed by atoms with van der Waals surface area (Å²) in [5.41, 5.74) is 0. The standard InChI is InChI=1S/C11H14F3NO3S2/c12-11(13,14)8-1-4-15(5-2-8)20(17,18)10-3-6-19-9(10)7-16/h3,6,8,16H,1-2,4-5,7H2. The number of rotatable bonds is 3. The van der Waals surface area contributed by atoms with Crippen LogP contribution in [-0.2, 0) is 16.6 Å². The zero-order valence-electron chi connectivity index (χ0n) is 10.4. The maximum Gasteiger partial charge on any atom is 0.391 e. The Kier molecular flexibility index (Phi) is 4.43. The Balaban J connectivity index is 2.14. The number of aliphatic hydroxyl groups is 1. The minimum Gasteiger partial charge on any atom is -0.391 e. The third-order valence-electron chi connectivity index (χ3n) is 3.38. The third-order valence-corrected chi connectivity index (χ3v) is 6.40. The van der Waals surface area contributed by atoms with Gasteiger partial charge in [0.15, 0.2) is 0 Å². The molecule has 2 heterocycles. The Morgan fingerprint density at radius 3 is 2.45 bits per heavy atom. The quantitative estimate of drug-likeness (QED) is 0.925. The second kappa shape index (κ2) is 5.63. The number of hydrogen-bond acceptors (Lipinski definition) is 4. The maximum absolute atomic E-state index is 12.6. The van der Waals surface area contributed by atoms with E-state index in [0.717, 1.165) is 15.6 Å². The van der Waals surface area contributed by atoms with Gasteiger partial charge in [0.1, 0.15) is 0 Å². The van der Waals surface area contributed by atoms with Gasteiger partial charge < -0.3 is 5.11 Å². The average molecular weight is 329 g/mol. The highest BCUT2D eigenvalue weighted by Gasteiger charge is 2.43. The van der Waals surface area contributed by atoms with Gasteiger partial charge in [0, 0.05) is 18.0 Å². The zero-order chi connectivity index (χ0) is 15.0. The summed E-state index contributed by atoms with van der Waals surface area (Å²) in [4.78, 5) is 0.304. The summed E-state index contributed by atoms with van der Waals surface area (Å²) in [7, 11) is -3.81. The first-order valence-electron chi connectivity index (χ1n) is 6.01. The highest BCUT2D eigenvalue weighted by atomic mass is 32.2. The lowest BCUT2D eigenvalue weighted by atomic mass is 9.98. The summed E-state index contributed by atoms with van der Waals surface area (Å²) in [5, 5.41) is 10.6. The van der Waals surface area contributed by atoms with E-state index in [-0.39, 0.29) is 30.8 Å². The minimum absolute atomic E-state index is 0.00420. The molecule has 0 unspecified atom stereocenters. The van der Waals surface area contributed by atoms with E-state index < -0.39 is 28.7 Å². The molecule has 0 bridgehead atoms. The molecule has 4 nitrogen and oxygen atoms in total. The molecule has 1 aliphatic rings. The molecule has 1 saturated heterocycles. The van der Waals surface area contributed by atoms with Crippen LogP contribution in [0.3, 0.4) is 0 Å². The van der Waals surface area contributed by atoms with Crippen molar-refractivity contribution in [2.24, 2.45) is 5.92 Å². The molecule has 1 fully saturated rings. The van der Waals surface area contributed by atoms with Crippen LogP contribution < -0.4 is 0 Å². The van der Waals surface area contributed by atoms with Crippen molar-refractivity contribution in [2.45, 2.75) is 30.5 Å². The molecular weight excluding hydrogens is 315 g/mol. The monoisotopic (exact) mass is 329 g/mol. The van der Waals surface area contributed by atoms with Crippen LogP contribution in [0.5, 0.6) is 0 Å². The SMILES string of the molecule is O=S(=O)(c1ccsc1CO)N1CCC(C(F)(F)F)CC1. The van der Waals surface area contributed by atoms with E-state index in [2.05, 4.69) is 0 Å². The topological polar surface area (TPSA) is 57.6 Å². The molecule has 0 amide bonds. The summed E-state index contributed by atoms with van der Waals surface area (Å²) in [6.07, 6.45) is -4.71. The fourth-order valence-electron chi connectivity index (χ4n) is 2.24. The molecule has 1 aromatic heterocycles. The van der Waals surface area contributed by atoms with Crippen LogP contribution in [0.15, 0.2) is 16.3 Å². The van der Waals surface area contributed by atoms with Crippen LogP contribution in [0.1, 0.15) is 17.7 Å². The summed E-state index contributed by atoms with van der Waals surface area (Å²) < 4.78 is 63.4. The van der Waals surface area contributed by atoms with Gasteiger partial charge in [0.2, 0.25) is 10.0 Å². The van der Waals surface area contributed by atoms with Crippen molar-refractivity contribution in [2.75, 3.05) is 13.1 Å². The van der Waals surface area contributed by atoms with Gasteiger partial charge in [-0.25, -0.2) is 8.42 Å². The van der Waals surface area contributed by atoms with E-state index in [9.17, 15) is 21.6 Å². The van der Waals surface area contributed by atoms with Crippen molar-refractivity contribution in [1.82, 2.24) is 4.31 Å². The molecule has 114 valence electrons. The first-order chi connectivity index (χ1) is 9.26. The molecule has 0 atom stereocenters. The predicted octanol–water partition coefficient (Wildman–Crippen LogP) is 2.20. The second-order valence-electron chi connectivity index (χ2n) is 4.59. The van der Waals surface area contributed by atoms with Gasteiger partial charge in [-0.2, -0.15) is 17.5 Å². The summed E-state index contributed by atoms with van der Waals surface area (Å²) >= 11 is 1.11. The Bertz CT molecular complexity index is 560. The highest BCUT2D eigenvalue weighted by molar-refractivity contribution is 7.89. The van der Waals surface area contributed by atoms with Crippen molar-refractivity contribution in [3.63, 3.8) is 0 Å². The van der Waals surface area contributed by atoms with E-state index in [4.69, 9.17) is 5.11 Å². The Morgan fingerprint density at radius 2 is 1.95 bits per heavy atom. The molecule has 20 heavy (non-hydrogen) atoms. The van der Waals surface area contributed by atoms with Crippen LogP contribution in [-0.4, -0.2) is 37.1 Å². The van der Waals surface area contributed by atoms with Gasteiger partial charge in [-0.15, -0.1) is 11.3 Å². The minimum atomic E-state index is -4.27. The van der Waals surface area contributed by atoms with Crippen molar-refractivity contribution in [1.29, 1.82) is 0 Å². The van der Waals surface area contributed by atoms with E-state index in [1.54, 1.807) is 5.38 Å². The van der Waals surface area contributed by atoms with Gasteiger partial charge in [-0.1, -0.05) is 0 Å². The number of thiophene rings is 1. The van der Waals surface area contributed by atoms with Gasteiger partial charge in [-0.05, 0) is 24.3 Å². The molecule has 0 spiro atoms. The first-order valence-corrected chi connectivity index (χ1v) is 8.33. The predicted molar refractivity (Wildman–Crippen MR) is 67.8 cm³/mol. The molecule has 0 radical (unpaired) electrons. The van der Waals surface area contributed by atoms with Gasteiger partial charge in [0.25, 0.3) is 0 Å². The van der Waals surface area contributed by atoms with Crippen LogP contribution in [0.25, 0.3) is 0 Å². The van der Waals surface area contributed by atoms with Gasteiger partial charge in [-0.3, -0.25) is 0 Å². The van der Waals surface area contributed by atoms with Crippen LogP contribution in [0, 0.1) is 5.92 Å². The van der Waals surface area contributed by atoms with E-state index in [1.165, 1.54) is 6.07 Å². The summed E-state index contributed by atoms with van der Waals surface area (Å²) in [6.45, 7) is -0.689. The molecule has 0 aromatic carbocycles. The fraction of sp³-hybridized carbons (Fsp3) is 0.636. The number of hydrogen-bond donors (Lipinski definition) is 1. The third kappa shape index (κ3) is 3.00. The van der Waals surface area contributed by atoms with E-state index in [1.807, 2.05) is 0 Å². The number of nitrogens with zero attached hydrogens (tertiary/aromatic N) is 1. The van der Waals surface area contributed by atoms with Crippen LogP contribution in [0.4, 0.5) is 13.2 Å². The zero-order valence-corrected chi connectivity index (χ0v) is 12.1. The Labute approximate surface area is 118 Å². The van der Waals surface area contributed by atoms with E-state index >= 15 is 0 Å². The number of alkyl halides is 3. The number of sulfonamides is 1. The van der Waals surface area contributed by atoms with Crippen molar-refractivity contribution in [3.05, 3.63) is 16.3 Å².